The summed E-state index contributed by atoms with van der Waals surface area (Å²) in [5, 5.41) is 4.88. The van der Waals surface area contributed by atoms with Gasteiger partial charge in [-0.25, -0.2) is 4.98 Å². The fourth-order valence-electron chi connectivity index (χ4n) is 1.42. The van der Waals surface area contributed by atoms with Crippen molar-refractivity contribution in [1.82, 2.24) is 4.98 Å². The smallest absolute Gasteiger partial charge is 0.267 e. The van der Waals surface area contributed by atoms with Crippen LogP contribution in [0.2, 0.25) is 10.3 Å². The van der Waals surface area contributed by atoms with E-state index in [-0.39, 0.29) is 16.2 Å². The number of amides is 1. The zero-order valence-electron chi connectivity index (χ0n) is 9.33. The molecule has 0 aromatic carbocycles. The molecule has 1 amide bonds. The first-order valence-electron chi connectivity index (χ1n) is 4.96. The van der Waals surface area contributed by atoms with Gasteiger partial charge in [-0.05, 0) is 30.0 Å². The van der Waals surface area contributed by atoms with Crippen LogP contribution in [-0.4, -0.2) is 10.9 Å². The summed E-state index contributed by atoms with van der Waals surface area (Å²) in [5.41, 5.74) is 7.30. The number of pyridine rings is 1. The van der Waals surface area contributed by atoms with Crippen molar-refractivity contribution >= 4 is 51.8 Å². The van der Waals surface area contributed by atoms with Gasteiger partial charge in [0.25, 0.3) is 5.91 Å². The first-order chi connectivity index (χ1) is 8.49. The monoisotopic (exact) mass is 301 g/mol. The van der Waals surface area contributed by atoms with Crippen LogP contribution in [-0.2, 0) is 0 Å². The Balaban J connectivity index is 2.31. The van der Waals surface area contributed by atoms with E-state index in [0.717, 1.165) is 5.56 Å². The maximum Gasteiger partial charge on any atom is 0.267 e. The molecule has 0 saturated heterocycles. The highest BCUT2D eigenvalue weighted by Crippen LogP contribution is 2.28. The van der Waals surface area contributed by atoms with E-state index in [0.29, 0.717) is 16.3 Å². The summed E-state index contributed by atoms with van der Waals surface area (Å²) >= 11 is 13.0. The molecule has 0 aliphatic carbocycles. The normalized spacial score (nSPS) is 10.4. The van der Waals surface area contributed by atoms with Crippen molar-refractivity contribution in [3.05, 3.63) is 38.3 Å². The molecule has 2 rings (SSSR count). The van der Waals surface area contributed by atoms with Crippen molar-refractivity contribution in [3.8, 4) is 0 Å². The number of carbonyl (C=O) groups excluding carboxylic acids is 1. The van der Waals surface area contributed by atoms with E-state index in [1.807, 2.05) is 0 Å². The van der Waals surface area contributed by atoms with Crippen LogP contribution in [0.1, 0.15) is 15.2 Å². The van der Waals surface area contributed by atoms with Crippen LogP contribution in [0.5, 0.6) is 0 Å². The lowest BCUT2D eigenvalue weighted by atomic mass is 10.2. The Labute approximate surface area is 118 Å². The summed E-state index contributed by atoms with van der Waals surface area (Å²) in [5.74, 6) is -0.309. The zero-order chi connectivity index (χ0) is 13.3. The van der Waals surface area contributed by atoms with Gasteiger partial charge in [-0.3, -0.25) is 4.79 Å². The second-order valence-corrected chi connectivity index (χ2v) is 5.25. The summed E-state index contributed by atoms with van der Waals surface area (Å²) in [6.45, 7) is 1.78. The minimum Gasteiger partial charge on any atom is -0.397 e. The summed E-state index contributed by atoms with van der Waals surface area (Å²) in [6, 6.07) is 3.30. The van der Waals surface area contributed by atoms with Crippen LogP contribution in [0.3, 0.4) is 0 Å². The Bertz CT molecular complexity index is 589. The van der Waals surface area contributed by atoms with Crippen LogP contribution in [0, 0.1) is 6.92 Å². The second-order valence-electron chi connectivity index (χ2n) is 3.59. The molecule has 7 heteroatoms. The molecule has 0 aliphatic rings. The van der Waals surface area contributed by atoms with Crippen LogP contribution >= 0.6 is 34.5 Å². The first kappa shape index (κ1) is 13.1. The van der Waals surface area contributed by atoms with Crippen molar-refractivity contribution in [2.75, 3.05) is 11.1 Å². The molecule has 2 heterocycles. The number of thiophene rings is 1. The van der Waals surface area contributed by atoms with Crippen molar-refractivity contribution in [3.63, 3.8) is 0 Å². The second kappa shape index (κ2) is 5.14. The van der Waals surface area contributed by atoms with Crippen LogP contribution < -0.4 is 11.1 Å². The molecule has 0 bridgehead atoms. The highest BCUT2D eigenvalue weighted by atomic mass is 35.5. The lowest BCUT2D eigenvalue weighted by molar-refractivity contribution is 0.103. The topological polar surface area (TPSA) is 68.0 Å². The van der Waals surface area contributed by atoms with Crippen LogP contribution in [0.15, 0.2) is 17.5 Å². The Kier molecular flexibility index (Phi) is 3.75. The number of nitrogens with zero attached hydrogens (tertiary/aromatic N) is 1. The van der Waals surface area contributed by atoms with Crippen molar-refractivity contribution in [2.24, 2.45) is 0 Å². The van der Waals surface area contributed by atoms with E-state index < -0.39 is 0 Å². The Morgan fingerprint density at radius 1 is 1.50 bits per heavy atom. The zero-order valence-corrected chi connectivity index (χ0v) is 11.7. The molecule has 0 spiro atoms. The lowest BCUT2D eigenvalue weighted by Crippen LogP contribution is -2.13. The van der Waals surface area contributed by atoms with Gasteiger partial charge in [0.2, 0.25) is 0 Å². The summed E-state index contributed by atoms with van der Waals surface area (Å²) in [4.78, 5) is 16.3. The number of halogens is 2. The number of anilines is 2. The number of hydrogen-bond acceptors (Lipinski definition) is 4. The molecular formula is C11H9Cl2N3OS. The highest BCUT2D eigenvalue weighted by Gasteiger charge is 2.15. The average Bonchev–Trinajstić information content (AvgIpc) is 2.69. The number of aromatic nitrogens is 1. The molecule has 2 aromatic heterocycles. The van der Waals surface area contributed by atoms with E-state index in [2.05, 4.69) is 10.3 Å². The maximum atomic E-state index is 12.0. The average molecular weight is 302 g/mol. The van der Waals surface area contributed by atoms with Gasteiger partial charge < -0.3 is 11.1 Å². The van der Waals surface area contributed by atoms with Gasteiger partial charge in [-0.1, -0.05) is 23.2 Å². The molecule has 4 nitrogen and oxygen atoms in total. The Morgan fingerprint density at radius 2 is 2.22 bits per heavy atom. The van der Waals surface area contributed by atoms with Gasteiger partial charge in [0.05, 0.1) is 11.4 Å². The fraction of sp³-hybridized carbons (Fsp3) is 0.0909. The van der Waals surface area contributed by atoms with Gasteiger partial charge >= 0.3 is 0 Å². The lowest BCUT2D eigenvalue weighted by Gasteiger charge is -2.09. The van der Waals surface area contributed by atoms with Gasteiger partial charge in [-0.15, -0.1) is 11.3 Å². The molecule has 0 atom stereocenters. The Morgan fingerprint density at radius 3 is 2.78 bits per heavy atom. The van der Waals surface area contributed by atoms with E-state index in [4.69, 9.17) is 28.9 Å². The van der Waals surface area contributed by atoms with Gasteiger partial charge in [0, 0.05) is 0 Å². The first-order valence-corrected chi connectivity index (χ1v) is 6.59. The molecule has 0 aliphatic heterocycles. The molecule has 2 aromatic rings. The number of nitrogens with one attached hydrogen (secondary N) is 1. The quantitative estimate of drug-likeness (QED) is 0.833. The van der Waals surface area contributed by atoms with Gasteiger partial charge in [-0.2, -0.15) is 0 Å². The summed E-state index contributed by atoms with van der Waals surface area (Å²) in [6.07, 6.45) is 0. The molecule has 3 N–H and O–H groups in total. The Hall–Kier alpha value is -1.30. The third-order valence-electron chi connectivity index (χ3n) is 2.28. The standard InChI is InChI=1S/C11H9Cl2N3OS/c1-5-4-7(12)15-10(13)8(5)16-11(17)9-6(14)2-3-18-9/h2-4H,14H2,1H3,(H,16,17). The third-order valence-corrected chi connectivity index (χ3v) is 3.68. The van der Waals surface area contributed by atoms with E-state index in [9.17, 15) is 4.79 Å². The molecule has 0 radical (unpaired) electrons. The SMILES string of the molecule is Cc1cc(Cl)nc(Cl)c1NC(=O)c1sccc1N. The molecule has 0 fully saturated rings. The van der Waals surface area contributed by atoms with E-state index in [1.54, 1.807) is 24.4 Å². The van der Waals surface area contributed by atoms with Crippen molar-refractivity contribution < 1.29 is 4.79 Å². The molecule has 0 saturated carbocycles. The predicted octanol–water partition coefficient (Wildman–Crippen LogP) is 3.59. The molecule has 0 unspecified atom stereocenters. The van der Waals surface area contributed by atoms with Gasteiger partial charge in [0.15, 0.2) is 5.15 Å². The number of rotatable bonds is 2. The number of nitrogen functional groups attached to an aromatic ring is 1. The fourth-order valence-corrected chi connectivity index (χ4v) is 2.71. The predicted molar refractivity (Wildman–Crippen MR) is 75.7 cm³/mol. The van der Waals surface area contributed by atoms with E-state index >= 15 is 0 Å². The van der Waals surface area contributed by atoms with Crippen molar-refractivity contribution in [1.29, 1.82) is 0 Å². The van der Waals surface area contributed by atoms with E-state index in [1.165, 1.54) is 11.3 Å². The molecular weight excluding hydrogens is 293 g/mol. The minimum atomic E-state index is -0.309. The maximum absolute atomic E-state index is 12.0. The number of aryl methyl sites for hydroxylation is 1. The highest BCUT2D eigenvalue weighted by molar-refractivity contribution is 7.12. The summed E-state index contributed by atoms with van der Waals surface area (Å²) < 4.78 is 0. The number of hydrogen-bond donors (Lipinski definition) is 2. The summed E-state index contributed by atoms with van der Waals surface area (Å²) in [7, 11) is 0. The largest absolute Gasteiger partial charge is 0.397 e. The minimum absolute atomic E-state index is 0.156. The third kappa shape index (κ3) is 2.58. The van der Waals surface area contributed by atoms with Gasteiger partial charge in [0.1, 0.15) is 10.0 Å². The van der Waals surface area contributed by atoms with Crippen molar-refractivity contribution in [2.45, 2.75) is 6.92 Å². The number of nitrogens with two attached hydrogens (primary N) is 1. The molecule has 94 valence electrons. The van der Waals surface area contributed by atoms with Crippen LogP contribution in [0.4, 0.5) is 11.4 Å². The van der Waals surface area contributed by atoms with Crippen LogP contribution in [0.25, 0.3) is 0 Å². The molecule has 18 heavy (non-hydrogen) atoms. The number of carbonyl (C=O) groups is 1.